The number of aryl methyl sites for hydroxylation is 2. The largest absolute Gasteiger partial charge is 0.481 e. The van der Waals surface area contributed by atoms with E-state index in [-0.39, 0.29) is 6.42 Å². The van der Waals surface area contributed by atoms with Crippen LogP contribution in [0.15, 0.2) is 6.33 Å². The number of carboxylic acids is 1. The molecule has 0 radical (unpaired) electrons. The van der Waals surface area contributed by atoms with Crippen molar-refractivity contribution in [1.29, 1.82) is 0 Å². The summed E-state index contributed by atoms with van der Waals surface area (Å²) in [6.45, 7) is 2.51. The number of aromatic nitrogens is 3. The molecule has 0 amide bonds. The van der Waals surface area contributed by atoms with Crippen molar-refractivity contribution in [2.75, 3.05) is 0 Å². The first kappa shape index (κ1) is 8.70. The van der Waals surface area contributed by atoms with Crippen molar-refractivity contribution >= 4 is 5.97 Å². The van der Waals surface area contributed by atoms with E-state index in [0.29, 0.717) is 13.0 Å². The number of hydrogen-bond acceptors (Lipinski definition) is 3. The minimum atomic E-state index is -0.763. The summed E-state index contributed by atoms with van der Waals surface area (Å²) in [7, 11) is 0. The lowest BCUT2D eigenvalue weighted by Crippen LogP contribution is -2.02. The van der Waals surface area contributed by atoms with Crippen molar-refractivity contribution in [2.24, 2.45) is 0 Å². The van der Waals surface area contributed by atoms with Gasteiger partial charge in [-0.05, 0) is 13.3 Å². The Morgan fingerprint density at radius 3 is 3.00 bits per heavy atom. The summed E-state index contributed by atoms with van der Waals surface area (Å²) in [6.07, 6.45) is 2.42. The number of hydrogen-bond donors (Lipinski definition) is 1. The standard InChI is InChI=1S/C7H11N3O2/c1-6-9-8-5-10(6)4-2-3-7(11)12/h5H,2-4H2,1H3,(H,11,12). The molecule has 12 heavy (non-hydrogen) atoms. The molecule has 0 saturated heterocycles. The van der Waals surface area contributed by atoms with E-state index in [1.165, 1.54) is 0 Å². The van der Waals surface area contributed by atoms with E-state index in [1.54, 1.807) is 6.33 Å². The minimum absolute atomic E-state index is 0.192. The molecule has 1 N–H and O–H groups in total. The molecule has 0 saturated carbocycles. The van der Waals surface area contributed by atoms with Crippen molar-refractivity contribution in [1.82, 2.24) is 14.8 Å². The number of nitrogens with zero attached hydrogens (tertiary/aromatic N) is 3. The summed E-state index contributed by atoms with van der Waals surface area (Å²) >= 11 is 0. The highest BCUT2D eigenvalue weighted by atomic mass is 16.4. The highest BCUT2D eigenvalue weighted by Crippen LogP contribution is 1.97. The van der Waals surface area contributed by atoms with Crippen LogP contribution in [0.4, 0.5) is 0 Å². The molecule has 1 aromatic rings. The lowest BCUT2D eigenvalue weighted by molar-refractivity contribution is -0.137. The summed E-state index contributed by atoms with van der Waals surface area (Å²) < 4.78 is 1.84. The van der Waals surface area contributed by atoms with Gasteiger partial charge in [0.2, 0.25) is 0 Å². The zero-order valence-corrected chi connectivity index (χ0v) is 6.90. The Kier molecular flexibility index (Phi) is 2.79. The molecule has 0 aromatic carbocycles. The van der Waals surface area contributed by atoms with Crippen molar-refractivity contribution in [3.63, 3.8) is 0 Å². The number of aliphatic carboxylic acids is 1. The maximum Gasteiger partial charge on any atom is 0.303 e. The lowest BCUT2D eigenvalue weighted by atomic mass is 10.3. The summed E-state index contributed by atoms with van der Waals surface area (Å²) in [5, 5.41) is 15.8. The van der Waals surface area contributed by atoms with Gasteiger partial charge in [0.25, 0.3) is 0 Å². The molecule has 0 atom stereocenters. The number of carboxylic acid groups (broad SMARTS) is 1. The van der Waals surface area contributed by atoms with E-state index in [1.807, 2.05) is 11.5 Å². The van der Waals surface area contributed by atoms with Gasteiger partial charge in [-0.3, -0.25) is 4.79 Å². The third-order valence-corrected chi connectivity index (χ3v) is 1.60. The topological polar surface area (TPSA) is 68.0 Å². The number of rotatable bonds is 4. The van der Waals surface area contributed by atoms with E-state index in [2.05, 4.69) is 10.2 Å². The summed E-state index contributed by atoms with van der Waals surface area (Å²) in [5.74, 6) is 0.0566. The molecule has 0 bridgehead atoms. The van der Waals surface area contributed by atoms with Gasteiger partial charge in [-0.1, -0.05) is 0 Å². The van der Waals surface area contributed by atoms with Crippen LogP contribution in [0, 0.1) is 6.92 Å². The summed E-state index contributed by atoms with van der Waals surface area (Å²) in [5.41, 5.74) is 0. The van der Waals surface area contributed by atoms with Crippen LogP contribution in [0.25, 0.3) is 0 Å². The fourth-order valence-corrected chi connectivity index (χ4v) is 0.933. The van der Waals surface area contributed by atoms with Crippen molar-refractivity contribution < 1.29 is 9.90 Å². The predicted molar refractivity (Wildman–Crippen MR) is 41.6 cm³/mol. The fourth-order valence-electron chi connectivity index (χ4n) is 0.933. The van der Waals surface area contributed by atoms with E-state index >= 15 is 0 Å². The third-order valence-electron chi connectivity index (χ3n) is 1.60. The monoisotopic (exact) mass is 169 g/mol. The fraction of sp³-hybridized carbons (Fsp3) is 0.571. The third kappa shape index (κ3) is 2.34. The van der Waals surface area contributed by atoms with Crippen LogP contribution in [0.2, 0.25) is 0 Å². The first-order valence-corrected chi connectivity index (χ1v) is 3.76. The van der Waals surface area contributed by atoms with E-state index in [0.717, 1.165) is 5.82 Å². The molecule has 5 nitrogen and oxygen atoms in total. The lowest BCUT2D eigenvalue weighted by Gasteiger charge is -2.00. The molecule has 1 heterocycles. The summed E-state index contributed by atoms with van der Waals surface area (Å²) in [4.78, 5) is 10.2. The molecule has 1 aromatic heterocycles. The molecule has 0 aliphatic heterocycles. The van der Waals surface area contributed by atoms with Crippen LogP contribution < -0.4 is 0 Å². The van der Waals surface area contributed by atoms with Gasteiger partial charge in [0, 0.05) is 13.0 Å². The molecule has 1 rings (SSSR count). The van der Waals surface area contributed by atoms with Crippen LogP contribution in [-0.2, 0) is 11.3 Å². The Morgan fingerprint density at radius 1 is 1.75 bits per heavy atom. The maximum atomic E-state index is 10.2. The van der Waals surface area contributed by atoms with E-state index in [4.69, 9.17) is 5.11 Å². The van der Waals surface area contributed by atoms with E-state index < -0.39 is 5.97 Å². The second-order valence-electron chi connectivity index (χ2n) is 2.57. The molecule has 0 spiro atoms. The molecule has 0 fully saturated rings. The Balaban J connectivity index is 2.33. The average molecular weight is 169 g/mol. The average Bonchev–Trinajstić information content (AvgIpc) is 2.36. The Hall–Kier alpha value is -1.39. The van der Waals surface area contributed by atoms with Crippen molar-refractivity contribution in [3.8, 4) is 0 Å². The first-order valence-electron chi connectivity index (χ1n) is 3.76. The number of carbonyl (C=O) groups is 1. The SMILES string of the molecule is Cc1nncn1CCCC(=O)O. The quantitative estimate of drug-likeness (QED) is 0.710. The first-order chi connectivity index (χ1) is 5.70. The maximum absolute atomic E-state index is 10.2. The van der Waals surface area contributed by atoms with Gasteiger partial charge in [0.05, 0.1) is 0 Å². The van der Waals surface area contributed by atoms with Gasteiger partial charge in [0.15, 0.2) is 0 Å². The van der Waals surface area contributed by atoms with Gasteiger partial charge in [-0.2, -0.15) is 0 Å². The highest BCUT2D eigenvalue weighted by Gasteiger charge is 1.99. The van der Waals surface area contributed by atoms with Crippen molar-refractivity contribution in [2.45, 2.75) is 26.3 Å². The second kappa shape index (κ2) is 3.85. The molecule has 0 unspecified atom stereocenters. The molecule has 0 aliphatic rings. The van der Waals surface area contributed by atoms with Gasteiger partial charge in [-0.15, -0.1) is 10.2 Å². The molecular formula is C7H11N3O2. The van der Waals surface area contributed by atoms with Crippen LogP contribution in [0.5, 0.6) is 0 Å². The van der Waals surface area contributed by atoms with Gasteiger partial charge in [0.1, 0.15) is 12.2 Å². The zero-order valence-electron chi connectivity index (χ0n) is 6.90. The Labute approximate surface area is 70.0 Å². The Morgan fingerprint density at radius 2 is 2.50 bits per heavy atom. The summed E-state index contributed by atoms with van der Waals surface area (Å²) in [6, 6.07) is 0. The van der Waals surface area contributed by atoms with Gasteiger partial charge in [-0.25, -0.2) is 0 Å². The van der Waals surface area contributed by atoms with Gasteiger partial charge < -0.3 is 9.67 Å². The van der Waals surface area contributed by atoms with Crippen LogP contribution in [-0.4, -0.2) is 25.8 Å². The van der Waals surface area contributed by atoms with Crippen molar-refractivity contribution in [3.05, 3.63) is 12.2 Å². The molecular weight excluding hydrogens is 158 g/mol. The van der Waals surface area contributed by atoms with Crippen LogP contribution in [0.3, 0.4) is 0 Å². The minimum Gasteiger partial charge on any atom is -0.481 e. The Bertz CT molecular complexity index is 269. The predicted octanol–water partition coefficient (Wildman–Crippen LogP) is 0.451. The smallest absolute Gasteiger partial charge is 0.303 e. The highest BCUT2D eigenvalue weighted by molar-refractivity contribution is 5.66. The van der Waals surface area contributed by atoms with Gasteiger partial charge >= 0.3 is 5.97 Å². The molecule has 5 heteroatoms. The van der Waals surface area contributed by atoms with Crippen LogP contribution >= 0.6 is 0 Å². The zero-order chi connectivity index (χ0) is 8.97. The normalized spacial score (nSPS) is 10.1. The van der Waals surface area contributed by atoms with E-state index in [9.17, 15) is 4.79 Å². The second-order valence-corrected chi connectivity index (χ2v) is 2.57. The molecule has 66 valence electrons. The van der Waals surface area contributed by atoms with Crippen LogP contribution in [0.1, 0.15) is 18.7 Å². The molecule has 0 aliphatic carbocycles.